The number of carbonyl (C=O) groups excluding carboxylic acids is 1. The van der Waals surface area contributed by atoms with Gasteiger partial charge in [-0.2, -0.15) is 4.98 Å². The Morgan fingerprint density at radius 1 is 1.06 bits per heavy atom. The number of aromatic nitrogens is 4. The van der Waals surface area contributed by atoms with Crippen molar-refractivity contribution in [2.75, 3.05) is 11.6 Å². The first-order valence-electron chi connectivity index (χ1n) is 10.4. The Labute approximate surface area is 191 Å². The van der Waals surface area contributed by atoms with Gasteiger partial charge in [0.1, 0.15) is 18.1 Å². The van der Waals surface area contributed by atoms with Crippen LogP contribution in [0.15, 0.2) is 53.1 Å². The first-order chi connectivity index (χ1) is 15.5. The smallest absolute Gasteiger partial charge is 0.244 e. The summed E-state index contributed by atoms with van der Waals surface area (Å²) >= 11 is 0. The number of para-hydroxylation sites is 2. The number of fused-ring (bicyclic) bond motifs is 1. The van der Waals surface area contributed by atoms with Gasteiger partial charge in [0.05, 0.1) is 11.0 Å². The highest BCUT2D eigenvalue weighted by Crippen LogP contribution is 2.25. The van der Waals surface area contributed by atoms with Crippen LogP contribution in [-0.4, -0.2) is 40.3 Å². The highest BCUT2D eigenvalue weighted by atomic mass is 32.2. The van der Waals surface area contributed by atoms with Crippen molar-refractivity contribution in [1.29, 1.82) is 0 Å². The quantitative estimate of drug-likeness (QED) is 0.460. The van der Waals surface area contributed by atoms with Gasteiger partial charge in [0.2, 0.25) is 17.6 Å². The standard InChI is InChI=1S/C23H25N5O4S/c1-23(2,3)22-26-21(27-32-22)15-9-11-16(12-10-15)24-20(29)13-28-18-8-6-5-7-17(18)25-19(28)14-33(4,30)31/h5-12H,13-14H2,1-4H3,(H,24,29). The van der Waals surface area contributed by atoms with Crippen molar-refractivity contribution in [3.8, 4) is 11.4 Å². The van der Waals surface area contributed by atoms with Crippen molar-refractivity contribution in [2.24, 2.45) is 0 Å². The minimum Gasteiger partial charge on any atom is -0.338 e. The van der Waals surface area contributed by atoms with Gasteiger partial charge in [-0.25, -0.2) is 13.4 Å². The number of anilines is 1. The molecule has 4 aromatic rings. The summed E-state index contributed by atoms with van der Waals surface area (Å²) in [5.74, 6) is 0.817. The molecule has 0 aliphatic heterocycles. The van der Waals surface area contributed by atoms with E-state index in [0.717, 1.165) is 11.8 Å². The molecule has 0 saturated heterocycles. The maximum Gasteiger partial charge on any atom is 0.244 e. The van der Waals surface area contributed by atoms with E-state index in [-0.39, 0.29) is 23.6 Å². The van der Waals surface area contributed by atoms with Gasteiger partial charge in [-0.3, -0.25) is 4.79 Å². The molecule has 0 saturated carbocycles. The largest absolute Gasteiger partial charge is 0.338 e. The minimum absolute atomic E-state index is 0.0626. The molecule has 0 aliphatic rings. The molecule has 1 N–H and O–H groups in total. The summed E-state index contributed by atoms with van der Waals surface area (Å²) in [4.78, 5) is 21.6. The molecule has 0 atom stereocenters. The van der Waals surface area contributed by atoms with Crippen LogP contribution in [0.4, 0.5) is 5.69 Å². The van der Waals surface area contributed by atoms with E-state index < -0.39 is 9.84 Å². The molecule has 2 aromatic carbocycles. The fourth-order valence-corrected chi connectivity index (χ4v) is 4.03. The molecular weight excluding hydrogens is 442 g/mol. The molecule has 2 heterocycles. The van der Waals surface area contributed by atoms with E-state index in [1.54, 1.807) is 34.9 Å². The van der Waals surface area contributed by atoms with E-state index in [0.29, 0.717) is 34.3 Å². The Balaban J connectivity index is 1.51. The Morgan fingerprint density at radius 2 is 1.76 bits per heavy atom. The maximum atomic E-state index is 12.8. The third kappa shape index (κ3) is 5.28. The number of imidazole rings is 1. The molecule has 1 amide bonds. The monoisotopic (exact) mass is 467 g/mol. The molecule has 0 fully saturated rings. The van der Waals surface area contributed by atoms with E-state index in [1.165, 1.54) is 0 Å². The summed E-state index contributed by atoms with van der Waals surface area (Å²) in [5, 5.41) is 6.87. The van der Waals surface area contributed by atoms with Crippen LogP contribution in [0.1, 0.15) is 32.5 Å². The number of nitrogens with one attached hydrogen (secondary N) is 1. The normalized spacial score (nSPS) is 12.2. The summed E-state index contributed by atoms with van der Waals surface area (Å²) in [6.45, 7) is 5.92. The third-order valence-electron chi connectivity index (χ3n) is 4.92. The number of carbonyl (C=O) groups is 1. The summed E-state index contributed by atoms with van der Waals surface area (Å²) in [5.41, 5.74) is 2.46. The molecule has 2 aromatic heterocycles. The van der Waals surface area contributed by atoms with Crippen LogP contribution in [0.2, 0.25) is 0 Å². The fraction of sp³-hybridized carbons (Fsp3) is 0.304. The highest BCUT2D eigenvalue weighted by molar-refractivity contribution is 7.89. The van der Waals surface area contributed by atoms with E-state index in [9.17, 15) is 13.2 Å². The van der Waals surface area contributed by atoms with Crippen molar-refractivity contribution >= 4 is 32.5 Å². The number of benzene rings is 2. The second-order valence-corrected chi connectivity index (χ2v) is 11.1. The molecule has 4 rings (SSSR count). The summed E-state index contributed by atoms with van der Waals surface area (Å²) < 4.78 is 30.6. The van der Waals surface area contributed by atoms with Crippen molar-refractivity contribution in [3.05, 3.63) is 60.2 Å². The highest BCUT2D eigenvalue weighted by Gasteiger charge is 2.22. The van der Waals surface area contributed by atoms with Crippen molar-refractivity contribution in [1.82, 2.24) is 19.7 Å². The second-order valence-electron chi connectivity index (χ2n) is 8.97. The lowest BCUT2D eigenvalue weighted by atomic mass is 9.97. The Morgan fingerprint density at radius 3 is 2.39 bits per heavy atom. The zero-order chi connectivity index (χ0) is 23.8. The van der Waals surface area contributed by atoms with E-state index in [2.05, 4.69) is 20.4 Å². The van der Waals surface area contributed by atoms with Crippen LogP contribution in [0.3, 0.4) is 0 Å². The van der Waals surface area contributed by atoms with E-state index in [4.69, 9.17) is 4.52 Å². The minimum atomic E-state index is -3.32. The lowest BCUT2D eigenvalue weighted by molar-refractivity contribution is -0.116. The molecular formula is C23H25N5O4S. The fourth-order valence-electron chi connectivity index (χ4n) is 3.34. The lowest BCUT2D eigenvalue weighted by Crippen LogP contribution is -2.21. The average molecular weight is 468 g/mol. The molecule has 9 nitrogen and oxygen atoms in total. The van der Waals surface area contributed by atoms with Gasteiger partial charge in [-0.1, -0.05) is 38.1 Å². The number of sulfone groups is 1. The molecule has 172 valence electrons. The van der Waals surface area contributed by atoms with Crippen molar-refractivity contribution < 1.29 is 17.7 Å². The zero-order valence-corrected chi connectivity index (χ0v) is 19.7. The zero-order valence-electron chi connectivity index (χ0n) is 18.9. The van der Waals surface area contributed by atoms with Gasteiger partial charge < -0.3 is 14.4 Å². The first-order valence-corrected chi connectivity index (χ1v) is 12.4. The number of amides is 1. The van der Waals surface area contributed by atoms with Crippen LogP contribution in [0.25, 0.3) is 22.4 Å². The lowest BCUT2D eigenvalue weighted by Gasteiger charge is -2.10. The Kier molecular flexibility index (Phi) is 5.79. The molecule has 0 unspecified atom stereocenters. The van der Waals surface area contributed by atoms with Gasteiger partial charge in [0.25, 0.3) is 0 Å². The van der Waals surface area contributed by atoms with Gasteiger partial charge in [0, 0.05) is 22.9 Å². The maximum absolute atomic E-state index is 12.8. The molecule has 10 heteroatoms. The van der Waals surface area contributed by atoms with Gasteiger partial charge in [0.15, 0.2) is 9.84 Å². The second kappa shape index (κ2) is 8.43. The van der Waals surface area contributed by atoms with Gasteiger partial charge >= 0.3 is 0 Å². The molecule has 33 heavy (non-hydrogen) atoms. The van der Waals surface area contributed by atoms with E-state index >= 15 is 0 Å². The number of rotatable bonds is 6. The molecule has 0 bridgehead atoms. The number of hydrogen-bond donors (Lipinski definition) is 1. The first kappa shape index (κ1) is 22.7. The number of hydrogen-bond acceptors (Lipinski definition) is 7. The Bertz CT molecular complexity index is 1410. The predicted molar refractivity (Wildman–Crippen MR) is 125 cm³/mol. The van der Waals surface area contributed by atoms with Crippen LogP contribution in [0.5, 0.6) is 0 Å². The van der Waals surface area contributed by atoms with Crippen molar-refractivity contribution in [2.45, 2.75) is 38.5 Å². The summed E-state index contributed by atoms with van der Waals surface area (Å²) in [7, 11) is -3.32. The van der Waals surface area contributed by atoms with Crippen LogP contribution < -0.4 is 5.32 Å². The topological polar surface area (TPSA) is 120 Å². The van der Waals surface area contributed by atoms with Gasteiger partial charge in [-0.05, 0) is 36.4 Å². The third-order valence-corrected chi connectivity index (χ3v) is 5.70. The van der Waals surface area contributed by atoms with Crippen LogP contribution in [-0.2, 0) is 32.3 Å². The Hall–Kier alpha value is -3.53. The summed E-state index contributed by atoms with van der Waals surface area (Å²) in [6.07, 6.45) is 1.15. The van der Waals surface area contributed by atoms with Crippen LogP contribution in [0, 0.1) is 0 Å². The van der Waals surface area contributed by atoms with Crippen molar-refractivity contribution in [3.63, 3.8) is 0 Å². The van der Waals surface area contributed by atoms with Crippen LogP contribution >= 0.6 is 0 Å². The number of nitrogens with zero attached hydrogens (tertiary/aromatic N) is 4. The molecule has 0 spiro atoms. The predicted octanol–water partition coefficient (Wildman–Crippen LogP) is 3.57. The summed E-state index contributed by atoms with van der Waals surface area (Å²) in [6, 6.07) is 14.4. The average Bonchev–Trinajstić information content (AvgIpc) is 3.33. The SMILES string of the molecule is CC(C)(C)c1nc(-c2ccc(NC(=O)Cn3c(CS(C)(=O)=O)nc4ccccc43)cc2)no1. The molecule has 0 radical (unpaired) electrons. The van der Waals surface area contributed by atoms with E-state index in [1.807, 2.05) is 39.0 Å². The van der Waals surface area contributed by atoms with Gasteiger partial charge in [-0.15, -0.1) is 0 Å². The molecule has 0 aliphatic carbocycles.